The first-order valence-corrected chi connectivity index (χ1v) is 5.69. The van der Waals surface area contributed by atoms with E-state index < -0.39 is 18.8 Å². The molecule has 0 spiro atoms. The second kappa shape index (κ2) is 6.05. The predicted octanol–water partition coefficient (Wildman–Crippen LogP) is 1.91. The van der Waals surface area contributed by atoms with E-state index in [1.54, 1.807) is 26.8 Å². The lowest BCUT2D eigenvalue weighted by atomic mass is 10.3. The minimum absolute atomic E-state index is 0.0149. The summed E-state index contributed by atoms with van der Waals surface area (Å²) in [6.45, 7) is 4.56. The van der Waals surface area contributed by atoms with Gasteiger partial charge in [-0.05, 0) is 20.8 Å². The van der Waals surface area contributed by atoms with E-state index in [-0.39, 0.29) is 17.9 Å². The summed E-state index contributed by atoms with van der Waals surface area (Å²) in [5.41, 5.74) is 0.551. The molecule has 108 valence electrons. The van der Waals surface area contributed by atoms with Crippen molar-refractivity contribution in [2.75, 3.05) is 11.9 Å². The molecule has 0 radical (unpaired) electrons. The number of alkyl halides is 3. The van der Waals surface area contributed by atoms with Gasteiger partial charge in [0.2, 0.25) is 11.8 Å². The number of rotatable bonds is 5. The summed E-state index contributed by atoms with van der Waals surface area (Å²) in [4.78, 5) is 7.82. The summed E-state index contributed by atoms with van der Waals surface area (Å²) in [6, 6.07) is 1.57. The van der Waals surface area contributed by atoms with Gasteiger partial charge < -0.3 is 15.2 Å². The van der Waals surface area contributed by atoms with Crippen molar-refractivity contribution in [2.45, 2.75) is 39.2 Å². The molecule has 1 aromatic heterocycles. The smallest absolute Gasteiger partial charge is 0.416 e. The van der Waals surface area contributed by atoms with Crippen molar-refractivity contribution < 1.29 is 23.0 Å². The van der Waals surface area contributed by atoms with Crippen LogP contribution in [0.3, 0.4) is 0 Å². The van der Waals surface area contributed by atoms with Crippen LogP contribution >= 0.6 is 0 Å². The van der Waals surface area contributed by atoms with E-state index in [2.05, 4.69) is 15.3 Å². The molecular formula is C11H16F3N3O2. The van der Waals surface area contributed by atoms with Gasteiger partial charge in [-0.1, -0.05) is 0 Å². The Morgan fingerprint density at radius 2 is 2.00 bits per heavy atom. The van der Waals surface area contributed by atoms with Gasteiger partial charge in [0.05, 0.1) is 12.6 Å². The number of nitrogens with one attached hydrogen (secondary N) is 1. The summed E-state index contributed by atoms with van der Waals surface area (Å²) in [5.74, 6) is 0.255. The van der Waals surface area contributed by atoms with Crippen molar-refractivity contribution in [3.8, 4) is 5.88 Å². The molecule has 1 atom stereocenters. The molecule has 2 N–H and O–H groups in total. The number of ether oxygens (including phenoxy) is 1. The highest BCUT2D eigenvalue weighted by atomic mass is 19.4. The Morgan fingerprint density at radius 3 is 2.53 bits per heavy atom. The molecule has 19 heavy (non-hydrogen) atoms. The molecule has 0 saturated carbocycles. The summed E-state index contributed by atoms with van der Waals surface area (Å²) in [5, 5.41) is 11.2. The lowest BCUT2D eigenvalue weighted by Gasteiger charge is -2.16. The fourth-order valence-corrected chi connectivity index (χ4v) is 1.22. The van der Waals surface area contributed by atoms with Gasteiger partial charge in [-0.15, -0.1) is 0 Å². The van der Waals surface area contributed by atoms with Crippen LogP contribution in [0.25, 0.3) is 0 Å². The summed E-state index contributed by atoms with van der Waals surface area (Å²) in [6.07, 6.45) is -7.25. The number of halogens is 3. The Kier molecular flexibility index (Phi) is 4.93. The van der Waals surface area contributed by atoms with Crippen molar-refractivity contribution in [1.29, 1.82) is 0 Å². The van der Waals surface area contributed by atoms with Crippen LogP contribution in [0.15, 0.2) is 6.07 Å². The summed E-state index contributed by atoms with van der Waals surface area (Å²) in [7, 11) is 0. The van der Waals surface area contributed by atoms with E-state index >= 15 is 0 Å². The number of hydrogen-bond acceptors (Lipinski definition) is 5. The number of hydrogen-bond donors (Lipinski definition) is 2. The van der Waals surface area contributed by atoms with E-state index in [4.69, 9.17) is 9.84 Å². The number of aliphatic hydroxyl groups excluding tert-OH is 1. The Hall–Kier alpha value is -1.57. The molecule has 0 aliphatic heterocycles. The highest BCUT2D eigenvalue weighted by Gasteiger charge is 2.37. The van der Waals surface area contributed by atoms with Crippen LogP contribution in [0.4, 0.5) is 19.1 Å². The monoisotopic (exact) mass is 279 g/mol. The normalized spacial score (nSPS) is 13.5. The molecule has 0 aliphatic carbocycles. The average Bonchev–Trinajstić information content (AvgIpc) is 2.22. The van der Waals surface area contributed by atoms with Crippen molar-refractivity contribution in [3.05, 3.63) is 11.8 Å². The second-order valence-electron chi connectivity index (χ2n) is 4.28. The molecular weight excluding hydrogens is 263 g/mol. The number of anilines is 1. The standard InChI is InChI=1S/C11H16F3N3O2/c1-6(2)19-9-4-7(3)16-10(17-9)15-5-8(18)11(12,13)14/h4,6,8,18H,5H2,1-3H3,(H,15,16,17). The molecule has 1 heterocycles. The van der Waals surface area contributed by atoms with Crippen LogP contribution in [0, 0.1) is 6.92 Å². The van der Waals surface area contributed by atoms with E-state index in [0.29, 0.717) is 5.69 Å². The first-order chi connectivity index (χ1) is 8.68. The maximum Gasteiger partial charge on any atom is 0.416 e. The van der Waals surface area contributed by atoms with Gasteiger partial charge in [-0.25, -0.2) is 4.98 Å². The van der Waals surface area contributed by atoms with Gasteiger partial charge in [-0.3, -0.25) is 0 Å². The zero-order valence-corrected chi connectivity index (χ0v) is 10.8. The minimum atomic E-state index is -4.67. The summed E-state index contributed by atoms with van der Waals surface area (Å²) >= 11 is 0. The van der Waals surface area contributed by atoms with E-state index in [9.17, 15) is 13.2 Å². The Morgan fingerprint density at radius 1 is 1.37 bits per heavy atom. The van der Waals surface area contributed by atoms with Gasteiger partial charge in [0.15, 0.2) is 6.10 Å². The molecule has 0 saturated heterocycles. The molecule has 0 fully saturated rings. The molecule has 8 heteroatoms. The topological polar surface area (TPSA) is 67.3 Å². The Bertz CT molecular complexity index is 424. The highest BCUT2D eigenvalue weighted by molar-refractivity contribution is 5.30. The van der Waals surface area contributed by atoms with Crippen LogP contribution in [0.1, 0.15) is 19.5 Å². The number of aliphatic hydroxyl groups is 1. The van der Waals surface area contributed by atoms with Crippen molar-refractivity contribution >= 4 is 5.95 Å². The third-order valence-corrected chi connectivity index (χ3v) is 2.02. The van der Waals surface area contributed by atoms with Crippen molar-refractivity contribution in [3.63, 3.8) is 0 Å². The Labute approximate surface area is 108 Å². The van der Waals surface area contributed by atoms with Gasteiger partial charge in [0.25, 0.3) is 0 Å². The third kappa shape index (κ3) is 5.29. The van der Waals surface area contributed by atoms with Crippen LogP contribution in [0.2, 0.25) is 0 Å². The average molecular weight is 279 g/mol. The predicted molar refractivity (Wildman–Crippen MR) is 63.1 cm³/mol. The van der Waals surface area contributed by atoms with Gasteiger partial charge in [0, 0.05) is 11.8 Å². The maximum atomic E-state index is 12.1. The molecule has 0 aromatic carbocycles. The fourth-order valence-electron chi connectivity index (χ4n) is 1.22. The largest absolute Gasteiger partial charge is 0.475 e. The van der Waals surface area contributed by atoms with Gasteiger partial charge >= 0.3 is 6.18 Å². The second-order valence-corrected chi connectivity index (χ2v) is 4.28. The summed E-state index contributed by atoms with van der Waals surface area (Å²) < 4.78 is 41.7. The van der Waals surface area contributed by atoms with E-state index in [1.165, 1.54) is 0 Å². The molecule has 0 aliphatic rings. The molecule has 0 bridgehead atoms. The lowest BCUT2D eigenvalue weighted by Crippen LogP contribution is -2.35. The Balaban J connectivity index is 2.71. The molecule has 1 aromatic rings. The maximum absolute atomic E-state index is 12.1. The van der Waals surface area contributed by atoms with Crippen molar-refractivity contribution in [1.82, 2.24) is 9.97 Å². The number of nitrogens with zero attached hydrogens (tertiary/aromatic N) is 2. The fraction of sp³-hybridized carbons (Fsp3) is 0.636. The quantitative estimate of drug-likeness (QED) is 0.861. The van der Waals surface area contributed by atoms with Gasteiger partial charge in [0.1, 0.15) is 0 Å². The molecule has 1 unspecified atom stereocenters. The first-order valence-electron chi connectivity index (χ1n) is 5.69. The third-order valence-electron chi connectivity index (χ3n) is 2.02. The van der Waals surface area contributed by atoms with Crippen molar-refractivity contribution in [2.24, 2.45) is 0 Å². The van der Waals surface area contributed by atoms with Crippen LogP contribution in [-0.2, 0) is 0 Å². The van der Waals surface area contributed by atoms with Crippen LogP contribution in [0.5, 0.6) is 5.88 Å². The zero-order valence-electron chi connectivity index (χ0n) is 10.8. The first kappa shape index (κ1) is 15.5. The van der Waals surface area contributed by atoms with Gasteiger partial charge in [-0.2, -0.15) is 18.2 Å². The highest BCUT2D eigenvalue weighted by Crippen LogP contribution is 2.20. The SMILES string of the molecule is Cc1cc(OC(C)C)nc(NCC(O)C(F)(F)F)n1. The van der Waals surface area contributed by atoms with E-state index in [1.807, 2.05) is 0 Å². The van der Waals surface area contributed by atoms with Crippen LogP contribution < -0.4 is 10.1 Å². The zero-order chi connectivity index (χ0) is 14.6. The molecule has 5 nitrogen and oxygen atoms in total. The minimum Gasteiger partial charge on any atom is -0.475 e. The number of aromatic nitrogens is 2. The lowest BCUT2D eigenvalue weighted by molar-refractivity contribution is -0.198. The van der Waals surface area contributed by atoms with Crippen LogP contribution in [-0.4, -0.2) is 40.0 Å². The number of aryl methyl sites for hydroxylation is 1. The van der Waals surface area contributed by atoms with E-state index in [0.717, 1.165) is 0 Å². The molecule has 1 rings (SSSR count). The molecule has 0 amide bonds.